The first kappa shape index (κ1) is 12.4. The summed E-state index contributed by atoms with van der Waals surface area (Å²) in [5, 5.41) is 0.361. The van der Waals surface area contributed by atoms with E-state index in [0.29, 0.717) is 5.16 Å². The number of primary amides is 1. The molecule has 0 saturated heterocycles. The molecular formula is C8H12N4O3S. The van der Waals surface area contributed by atoms with Crippen LogP contribution in [0.1, 0.15) is 17.4 Å². The van der Waals surface area contributed by atoms with E-state index in [1.807, 2.05) is 0 Å². The zero-order valence-electron chi connectivity index (χ0n) is 8.65. The summed E-state index contributed by atoms with van der Waals surface area (Å²) in [4.78, 5) is 28.4. The summed E-state index contributed by atoms with van der Waals surface area (Å²) in [5.41, 5.74) is 10.6. The maximum Gasteiger partial charge on any atom is 0.358 e. The highest BCUT2D eigenvalue weighted by atomic mass is 32.2. The van der Waals surface area contributed by atoms with E-state index in [1.54, 1.807) is 6.92 Å². The Balaban J connectivity index is 2.73. The van der Waals surface area contributed by atoms with Crippen molar-refractivity contribution in [1.82, 2.24) is 9.97 Å². The quantitative estimate of drug-likeness (QED) is 0.484. The van der Waals surface area contributed by atoms with Crippen molar-refractivity contribution in [1.29, 1.82) is 0 Å². The summed E-state index contributed by atoms with van der Waals surface area (Å²) in [6.45, 7) is 1.94. The molecule has 0 aromatic carbocycles. The van der Waals surface area contributed by atoms with Crippen LogP contribution in [0.25, 0.3) is 0 Å². The third-order valence-electron chi connectivity index (χ3n) is 1.54. The fourth-order valence-corrected chi connectivity index (χ4v) is 1.55. The Kier molecular flexibility index (Phi) is 4.18. The van der Waals surface area contributed by atoms with Crippen molar-refractivity contribution in [2.24, 2.45) is 5.73 Å². The number of hydrogen-bond acceptors (Lipinski definition) is 6. The van der Waals surface area contributed by atoms with Crippen molar-refractivity contribution in [2.75, 3.05) is 18.1 Å². The second kappa shape index (κ2) is 5.40. The highest BCUT2D eigenvalue weighted by Gasteiger charge is 2.16. The molecule has 1 heterocycles. The number of amides is 1. The molecule has 1 aromatic heterocycles. The van der Waals surface area contributed by atoms with E-state index in [1.165, 1.54) is 0 Å². The molecule has 0 fully saturated rings. The minimum absolute atomic E-state index is 0.0467. The summed E-state index contributed by atoms with van der Waals surface area (Å²) >= 11 is 1.07. The molecule has 1 aromatic rings. The molecule has 0 bridgehead atoms. The maximum atomic E-state index is 11.3. The van der Waals surface area contributed by atoms with Gasteiger partial charge in [0.05, 0.1) is 12.4 Å². The standard InChI is InChI=1S/C8H12N4O3S/c1-2-15-7(14)5-6(10)12-8(11-5)16-3-4(9)13/h2-3,10H2,1H3,(H2,9,13)(H,11,12). The Morgan fingerprint density at radius 1 is 1.56 bits per heavy atom. The fraction of sp³-hybridized carbons (Fsp3) is 0.375. The van der Waals surface area contributed by atoms with Crippen LogP contribution in [0.2, 0.25) is 0 Å². The van der Waals surface area contributed by atoms with Gasteiger partial charge in [0.25, 0.3) is 0 Å². The molecule has 0 spiro atoms. The molecular weight excluding hydrogens is 232 g/mol. The molecule has 0 atom stereocenters. The molecule has 0 aliphatic carbocycles. The zero-order valence-corrected chi connectivity index (χ0v) is 9.47. The van der Waals surface area contributed by atoms with E-state index in [9.17, 15) is 9.59 Å². The first-order chi connectivity index (χ1) is 7.54. The molecule has 16 heavy (non-hydrogen) atoms. The highest BCUT2D eigenvalue weighted by molar-refractivity contribution is 7.99. The van der Waals surface area contributed by atoms with Crippen molar-refractivity contribution in [3.8, 4) is 0 Å². The molecule has 88 valence electrons. The monoisotopic (exact) mass is 244 g/mol. The van der Waals surface area contributed by atoms with Gasteiger partial charge in [-0.2, -0.15) is 0 Å². The Hall–Kier alpha value is -1.70. The molecule has 7 nitrogen and oxygen atoms in total. The third-order valence-corrected chi connectivity index (χ3v) is 2.44. The normalized spacial score (nSPS) is 10.1. The van der Waals surface area contributed by atoms with Crippen molar-refractivity contribution in [3.63, 3.8) is 0 Å². The summed E-state index contributed by atoms with van der Waals surface area (Å²) < 4.78 is 4.76. The number of thioether (sulfide) groups is 1. The van der Waals surface area contributed by atoms with Crippen molar-refractivity contribution >= 4 is 29.5 Å². The number of aromatic nitrogens is 2. The Labute approximate surface area is 95.9 Å². The maximum absolute atomic E-state index is 11.3. The van der Waals surface area contributed by atoms with Crippen molar-refractivity contribution < 1.29 is 14.3 Å². The molecule has 8 heteroatoms. The average molecular weight is 244 g/mol. The predicted octanol–water partition coefficient (Wildman–Crippen LogP) is -0.254. The molecule has 0 radical (unpaired) electrons. The second-order valence-corrected chi connectivity index (χ2v) is 3.74. The molecule has 0 aliphatic rings. The van der Waals surface area contributed by atoms with Gasteiger partial charge in [0.15, 0.2) is 16.7 Å². The van der Waals surface area contributed by atoms with Gasteiger partial charge in [0.1, 0.15) is 0 Å². The number of H-pyrrole nitrogens is 1. The van der Waals surface area contributed by atoms with Gasteiger partial charge in [-0.05, 0) is 6.92 Å². The number of imidazole rings is 1. The van der Waals surface area contributed by atoms with E-state index >= 15 is 0 Å². The lowest BCUT2D eigenvalue weighted by Crippen LogP contribution is -2.13. The molecule has 0 aliphatic heterocycles. The lowest BCUT2D eigenvalue weighted by atomic mass is 10.4. The number of carbonyl (C=O) groups excluding carboxylic acids is 2. The number of hydrogen-bond donors (Lipinski definition) is 3. The lowest BCUT2D eigenvalue weighted by Gasteiger charge is -1.98. The summed E-state index contributed by atoms with van der Waals surface area (Å²) in [5.74, 6) is -0.934. The minimum Gasteiger partial charge on any atom is -0.461 e. The molecule has 1 rings (SSSR count). The van der Waals surface area contributed by atoms with Gasteiger partial charge in [0.2, 0.25) is 5.91 Å². The first-order valence-corrected chi connectivity index (χ1v) is 5.46. The lowest BCUT2D eigenvalue weighted by molar-refractivity contribution is -0.115. The van der Waals surface area contributed by atoms with Gasteiger partial charge in [-0.25, -0.2) is 9.78 Å². The smallest absolute Gasteiger partial charge is 0.358 e. The van der Waals surface area contributed by atoms with Crippen molar-refractivity contribution in [3.05, 3.63) is 5.69 Å². The predicted molar refractivity (Wildman–Crippen MR) is 58.9 cm³/mol. The van der Waals surface area contributed by atoms with Crippen LogP contribution < -0.4 is 11.5 Å². The molecule has 1 amide bonds. The van der Waals surface area contributed by atoms with Crippen LogP contribution in [0.4, 0.5) is 5.82 Å². The van der Waals surface area contributed by atoms with E-state index in [4.69, 9.17) is 16.2 Å². The second-order valence-electron chi connectivity index (χ2n) is 2.78. The number of nitrogens with one attached hydrogen (secondary N) is 1. The van der Waals surface area contributed by atoms with Gasteiger partial charge in [0, 0.05) is 0 Å². The van der Waals surface area contributed by atoms with E-state index in [0.717, 1.165) is 11.8 Å². The first-order valence-electron chi connectivity index (χ1n) is 4.48. The number of nitrogens with zero attached hydrogens (tertiary/aromatic N) is 1. The number of nitrogens with two attached hydrogens (primary N) is 2. The van der Waals surface area contributed by atoms with Crippen molar-refractivity contribution in [2.45, 2.75) is 12.1 Å². The number of carbonyl (C=O) groups is 2. The molecule has 0 saturated carbocycles. The van der Waals surface area contributed by atoms with Crippen LogP contribution in [0.15, 0.2) is 5.16 Å². The number of aromatic amines is 1. The van der Waals surface area contributed by atoms with Crippen LogP contribution >= 0.6 is 11.8 Å². The van der Waals surface area contributed by atoms with Crippen LogP contribution in [0, 0.1) is 0 Å². The van der Waals surface area contributed by atoms with Gasteiger partial charge in [-0.1, -0.05) is 11.8 Å². The summed E-state index contributed by atoms with van der Waals surface area (Å²) in [7, 11) is 0. The summed E-state index contributed by atoms with van der Waals surface area (Å²) in [6.07, 6.45) is 0. The topological polar surface area (TPSA) is 124 Å². The average Bonchev–Trinajstić information content (AvgIpc) is 2.57. The number of rotatable bonds is 5. The third kappa shape index (κ3) is 3.16. The van der Waals surface area contributed by atoms with Gasteiger partial charge in [-0.15, -0.1) is 0 Å². The molecule has 5 N–H and O–H groups in total. The zero-order chi connectivity index (χ0) is 12.1. The van der Waals surface area contributed by atoms with E-state index < -0.39 is 11.9 Å². The van der Waals surface area contributed by atoms with E-state index in [-0.39, 0.29) is 23.9 Å². The Morgan fingerprint density at radius 2 is 2.25 bits per heavy atom. The largest absolute Gasteiger partial charge is 0.461 e. The van der Waals surface area contributed by atoms with Crippen LogP contribution in [0.3, 0.4) is 0 Å². The van der Waals surface area contributed by atoms with Gasteiger partial charge >= 0.3 is 5.97 Å². The SMILES string of the molecule is CCOC(=O)c1[nH]c(SCC(N)=O)nc1N. The summed E-state index contributed by atoms with van der Waals surface area (Å²) in [6, 6.07) is 0. The van der Waals surface area contributed by atoms with Gasteiger partial charge < -0.3 is 21.2 Å². The highest BCUT2D eigenvalue weighted by Crippen LogP contribution is 2.18. The number of esters is 1. The number of anilines is 1. The Morgan fingerprint density at radius 3 is 2.81 bits per heavy atom. The van der Waals surface area contributed by atoms with Gasteiger partial charge in [-0.3, -0.25) is 4.79 Å². The van der Waals surface area contributed by atoms with E-state index in [2.05, 4.69) is 9.97 Å². The number of nitrogen functional groups attached to an aromatic ring is 1. The van der Waals surface area contributed by atoms with Crippen LogP contribution in [-0.2, 0) is 9.53 Å². The van der Waals surface area contributed by atoms with Crippen LogP contribution in [0.5, 0.6) is 0 Å². The minimum atomic E-state index is -0.571. The fourth-order valence-electron chi connectivity index (χ4n) is 0.931. The Bertz CT molecular complexity index is 404. The molecule has 0 unspecified atom stereocenters. The van der Waals surface area contributed by atoms with Crippen LogP contribution in [-0.4, -0.2) is 34.2 Å². The number of ether oxygens (including phenoxy) is 1.